The maximum Gasteiger partial charge on any atom is 0.436 e. The highest BCUT2D eigenvalue weighted by Gasteiger charge is 2.54. The highest BCUT2D eigenvalue weighted by Crippen LogP contribution is 2.42. The number of β-lactam (4-membered cyclic amide) rings is 1. The Morgan fingerprint density at radius 3 is 2.60 bits per heavy atom. The standard InChI is InChI=1S/C18H16ClF3N6O4S3/c1-6-10(19)13(18(20,21)22)26-27(6)3-9(29)23-11-14(30)28-12(16(31)32)8(4-33-15(11)28)5-34-17-25-24-7(2)35-17/h11,15H,3-5H2,1-2H3,(H,23,29)(H,31,32)/t11-,15+/m0/s1. The molecule has 188 valence electrons. The molecule has 2 atom stereocenters. The minimum Gasteiger partial charge on any atom is -0.477 e. The Labute approximate surface area is 213 Å². The van der Waals surface area contributed by atoms with Crippen molar-refractivity contribution >= 4 is 64.2 Å². The van der Waals surface area contributed by atoms with E-state index in [0.29, 0.717) is 21.4 Å². The topological polar surface area (TPSA) is 130 Å². The smallest absolute Gasteiger partial charge is 0.436 e. The van der Waals surface area contributed by atoms with E-state index in [4.69, 9.17) is 11.6 Å². The normalized spacial score (nSPS) is 20.1. The van der Waals surface area contributed by atoms with E-state index in [1.807, 2.05) is 0 Å². The number of alkyl halides is 3. The first-order chi connectivity index (χ1) is 16.4. The third-order valence-electron chi connectivity index (χ3n) is 5.14. The fourth-order valence-electron chi connectivity index (χ4n) is 3.49. The molecule has 0 spiro atoms. The van der Waals surface area contributed by atoms with Crippen LogP contribution in [0.5, 0.6) is 0 Å². The van der Waals surface area contributed by atoms with Crippen molar-refractivity contribution in [2.45, 2.75) is 42.3 Å². The SMILES string of the molecule is Cc1nnc(SCC2=C(C(=O)O)N3C(=O)[C@H](NC(=O)Cn4nc(C(F)(F)F)c(Cl)c4C)[C@H]3SC2)s1. The van der Waals surface area contributed by atoms with Gasteiger partial charge >= 0.3 is 12.1 Å². The quantitative estimate of drug-likeness (QED) is 0.382. The second-order valence-corrected chi connectivity index (χ2v) is 11.4. The Hall–Kier alpha value is -2.30. The van der Waals surface area contributed by atoms with E-state index in [2.05, 4.69) is 20.6 Å². The van der Waals surface area contributed by atoms with E-state index in [0.717, 1.165) is 14.6 Å². The maximum atomic E-state index is 13.0. The van der Waals surface area contributed by atoms with Crippen LogP contribution < -0.4 is 5.32 Å². The number of nitrogens with one attached hydrogen (secondary N) is 1. The molecule has 0 radical (unpaired) electrons. The molecule has 2 aliphatic heterocycles. The predicted octanol–water partition coefficient (Wildman–Crippen LogP) is 2.55. The first kappa shape index (κ1) is 25.8. The molecule has 2 amide bonds. The van der Waals surface area contributed by atoms with E-state index >= 15 is 0 Å². The number of fused-ring (bicyclic) bond motifs is 1. The minimum atomic E-state index is -4.78. The van der Waals surface area contributed by atoms with Gasteiger partial charge in [-0.25, -0.2) is 4.79 Å². The second-order valence-electron chi connectivity index (χ2n) is 7.49. The lowest BCUT2D eigenvalue weighted by Crippen LogP contribution is -2.70. The summed E-state index contributed by atoms with van der Waals surface area (Å²) in [7, 11) is 0. The van der Waals surface area contributed by atoms with Gasteiger partial charge in [-0.1, -0.05) is 34.7 Å². The van der Waals surface area contributed by atoms with E-state index in [-0.39, 0.29) is 11.4 Å². The van der Waals surface area contributed by atoms with Crippen LogP contribution in [0.2, 0.25) is 5.02 Å². The summed E-state index contributed by atoms with van der Waals surface area (Å²) in [6.07, 6.45) is -4.78. The lowest BCUT2D eigenvalue weighted by molar-refractivity contribution is -0.150. The van der Waals surface area contributed by atoms with Gasteiger partial charge in [0, 0.05) is 11.5 Å². The molecular weight excluding hydrogens is 553 g/mol. The van der Waals surface area contributed by atoms with E-state index in [1.165, 1.54) is 41.8 Å². The molecule has 1 saturated heterocycles. The van der Waals surface area contributed by atoms with Crippen molar-refractivity contribution < 1.29 is 32.7 Å². The average molecular weight is 569 g/mol. The van der Waals surface area contributed by atoms with Crippen LogP contribution in [-0.2, 0) is 27.1 Å². The van der Waals surface area contributed by atoms with Crippen LogP contribution in [0.25, 0.3) is 0 Å². The first-order valence-corrected chi connectivity index (χ1v) is 13.0. The number of aryl methyl sites for hydroxylation is 1. The van der Waals surface area contributed by atoms with Crippen LogP contribution in [0.1, 0.15) is 16.4 Å². The Morgan fingerprint density at radius 2 is 2.03 bits per heavy atom. The molecule has 0 bridgehead atoms. The highest BCUT2D eigenvalue weighted by molar-refractivity contribution is 8.01. The number of carboxylic acids is 1. The van der Waals surface area contributed by atoms with Crippen molar-refractivity contribution in [3.63, 3.8) is 0 Å². The lowest BCUT2D eigenvalue weighted by Gasteiger charge is -2.49. The van der Waals surface area contributed by atoms with Crippen LogP contribution in [-0.4, -0.2) is 70.7 Å². The second kappa shape index (κ2) is 9.63. The molecule has 4 heterocycles. The number of hydrogen-bond acceptors (Lipinski definition) is 9. The highest BCUT2D eigenvalue weighted by atomic mass is 35.5. The summed E-state index contributed by atoms with van der Waals surface area (Å²) in [5.74, 6) is -2.02. The van der Waals surface area contributed by atoms with Crippen molar-refractivity contribution in [2.24, 2.45) is 0 Å². The molecule has 10 nitrogen and oxygen atoms in total. The summed E-state index contributed by atoms with van der Waals surface area (Å²) in [4.78, 5) is 38.3. The minimum absolute atomic E-state index is 0.0494. The van der Waals surface area contributed by atoms with Crippen LogP contribution in [0.4, 0.5) is 13.2 Å². The summed E-state index contributed by atoms with van der Waals surface area (Å²) in [6, 6.07) is -1.02. The monoisotopic (exact) mass is 568 g/mol. The van der Waals surface area contributed by atoms with Gasteiger partial charge in [0.05, 0.1) is 10.7 Å². The number of aromatic nitrogens is 4. The van der Waals surface area contributed by atoms with Crippen molar-refractivity contribution in [3.8, 4) is 0 Å². The van der Waals surface area contributed by atoms with E-state index in [1.54, 1.807) is 6.92 Å². The average Bonchev–Trinajstić information content (AvgIpc) is 3.32. The Morgan fingerprint density at radius 1 is 1.31 bits per heavy atom. The maximum absolute atomic E-state index is 13.0. The largest absolute Gasteiger partial charge is 0.477 e. The van der Waals surface area contributed by atoms with Crippen molar-refractivity contribution in [2.75, 3.05) is 11.5 Å². The zero-order valence-electron chi connectivity index (χ0n) is 17.9. The van der Waals surface area contributed by atoms with Crippen molar-refractivity contribution in [3.05, 3.63) is 32.7 Å². The number of carboxylic acid groups (broad SMARTS) is 1. The number of carbonyl (C=O) groups excluding carboxylic acids is 2. The third-order valence-corrected chi connectivity index (χ3v) is 8.99. The van der Waals surface area contributed by atoms with Gasteiger partial charge in [-0.15, -0.1) is 22.0 Å². The summed E-state index contributed by atoms with van der Waals surface area (Å²) in [6.45, 7) is 2.50. The molecule has 0 aliphatic carbocycles. The zero-order valence-corrected chi connectivity index (χ0v) is 21.1. The van der Waals surface area contributed by atoms with E-state index < -0.39 is 52.6 Å². The van der Waals surface area contributed by atoms with Crippen LogP contribution in [0, 0.1) is 13.8 Å². The molecular formula is C18H16ClF3N6O4S3. The summed E-state index contributed by atoms with van der Waals surface area (Å²) in [5.41, 5.74) is -0.950. The molecule has 1 fully saturated rings. The number of aliphatic carboxylic acids is 1. The molecule has 0 saturated carbocycles. The predicted molar refractivity (Wildman–Crippen MR) is 122 cm³/mol. The molecule has 2 N–H and O–H groups in total. The Bertz CT molecular complexity index is 1250. The van der Waals surface area contributed by atoms with Crippen molar-refractivity contribution in [1.29, 1.82) is 0 Å². The van der Waals surface area contributed by atoms with Crippen LogP contribution in [0.15, 0.2) is 15.6 Å². The third kappa shape index (κ3) is 5.01. The first-order valence-electron chi connectivity index (χ1n) is 9.80. The number of rotatable bonds is 7. The van der Waals surface area contributed by atoms with Gasteiger partial charge in [-0.05, 0) is 19.4 Å². The number of thioether (sulfide) groups is 2. The Kier molecular flexibility index (Phi) is 7.09. The number of amides is 2. The fourth-order valence-corrected chi connectivity index (χ4v) is 7.04. The lowest BCUT2D eigenvalue weighted by atomic mass is 10.0. The number of halogens is 4. The van der Waals surface area contributed by atoms with Gasteiger partial charge in [0.25, 0.3) is 5.91 Å². The number of hydrogen-bond donors (Lipinski definition) is 2. The van der Waals surface area contributed by atoms with Crippen LogP contribution >= 0.6 is 46.5 Å². The van der Waals surface area contributed by atoms with Gasteiger partial charge in [-0.2, -0.15) is 18.3 Å². The zero-order chi connectivity index (χ0) is 25.7. The molecule has 2 aliphatic rings. The van der Waals surface area contributed by atoms with Crippen LogP contribution in [0.3, 0.4) is 0 Å². The fraction of sp³-hybridized carbons (Fsp3) is 0.444. The van der Waals surface area contributed by atoms with Gasteiger partial charge < -0.3 is 10.4 Å². The summed E-state index contributed by atoms with van der Waals surface area (Å²) in [5, 5.41) is 23.0. The Balaban J connectivity index is 1.44. The summed E-state index contributed by atoms with van der Waals surface area (Å²) < 4.78 is 40.5. The molecule has 0 unspecified atom stereocenters. The van der Waals surface area contributed by atoms with Gasteiger partial charge in [0.1, 0.15) is 28.7 Å². The molecule has 35 heavy (non-hydrogen) atoms. The van der Waals surface area contributed by atoms with Crippen molar-refractivity contribution in [1.82, 2.24) is 30.2 Å². The molecule has 17 heteroatoms. The summed E-state index contributed by atoms with van der Waals surface area (Å²) >= 11 is 9.68. The number of nitrogens with zero attached hydrogens (tertiary/aromatic N) is 5. The van der Waals surface area contributed by atoms with E-state index in [9.17, 15) is 32.7 Å². The molecule has 2 aromatic heterocycles. The molecule has 2 aromatic rings. The molecule has 0 aromatic carbocycles. The van der Waals surface area contributed by atoms with Gasteiger partial charge in [0.15, 0.2) is 10.0 Å². The van der Waals surface area contributed by atoms with Gasteiger partial charge in [0.2, 0.25) is 5.91 Å². The number of carbonyl (C=O) groups is 3. The van der Waals surface area contributed by atoms with Gasteiger partial charge in [-0.3, -0.25) is 19.2 Å². The molecule has 4 rings (SSSR count).